The van der Waals surface area contributed by atoms with Gasteiger partial charge in [-0.1, -0.05) is 36.6 Å². The standard InChI is InChI=1S/C42H45ClFN5O9S/c43-24-12-17-34-30(18-24)35-37(58-34)36(29-19-25(44)13-16-31(29)45-35)56-27-20-33-38(50)47-42(40(52)48-59(54,55)28-14-15-28)21-23(42)8-4-2-1-3-5-11-32(39(51)49(33)22-27)46-41(53)57-26-9-6-7-10-26/h4,8,12-13,16-19,23,26-28,32-33H,1-3,5-7,9-11,14-15,20-22H2,(H,46,53)(H,47,50)(H,48,52)/b8-4-/t23-,27+,32-,33-,42+/m0/s1. The molecule has 0 spiro atoms. The van der Waals surface area contributed by atoms with Crippen molar-refractivity contribution in [3.8, 4) is 5.75 Å². The summed E-state index contributed by atoms with van der Waals surface area (Å²) in [6.45, 7) is -0.127. The van der Waals surface area contributed by atoms with Crippen LogP contribution in [0.25, 0.3) is 33.0 Å². The Morgan fingerprint density at radius 1 is 0.983 bits per heavy atom. The summed E-state index contributed by atoms with van der Waals surface area (Å²) in [7, 11) is -3.94. The van der Waals surface area contributed by atoms with E-state index in [-0.39, 0.29) is 43.2 Å². The van der Waals surface area contributed by atoms with E-state index in [1.807, 2.05) is 12.2 Å². The molecule has 5 aliphatic rings. The molecule has 0 radical (unpaired) electrons. The van der Waals surface area contributed by atoms with Gasteiger partial charge in [0.1, 0.15) is 46.7 Å². The summed E-state index contributed by atoms with van der Waals surface area (Å²) >= 11 is 6.34. The maximum absolute atomic E-state index is 14.9. The number of benzene rings is 2. The number of alkyl carbamates (subject to hydrolysis) is 1. The molecule has 2 aromatic carbocycles. The first-order valence-corrected chi connectivity index (χ1v) is 22.4. The second-order valence-corrected chi connectivity index (χ2v) is 18.9. The number of nitrogens with one attached hydrogen (secondary N) is 3. The molecule has 17 heteroatoms. The highest BCUT2D eigenvalue weighted by Gasteiger charge is 2.62. The van der Waals surface area contributed by atoms with Crippen molar-refractivity contribution in [1.29, 1.82) is 0 Å². The van der Waals surface area contributed by atoms with Crippen LogP contribution in [-0.4, -0.2) is 83.7 Å². The maximum Gasteiger partial charge on any atom is 0.408 e. The molecule has 2 aromatic heterocycles. The maximum atomic E-state index is 14.9. The van der Waals surface area contributed by atoms with Crippen LogP contribution in [0.3, 0.4) is 0 Å². The molecule has 9 rings (SSSR count). The minimum absolute atomic E-state index is 0.0674. The summed E-state index contributed by atoms with van der Waals surface area (Å²) in [6.07, 6.45) is 9.36. The molecule has 2 aliphatic heterocycles. The zero-order chi connectivity index (χ0) is 41.1. The van der Waals surface area contributed by atoms with Gasteiger partial charge < -0.3 is 29.4 Å². The van der Waals surface area contributed by atoms with E-state index in [1.54, 1.807) is 18.2 Å². The van der Waals surface area contributed by atoms with E-state index in [2.05, 4.69) is 15.4 Å². The lowest BCUT2D eigenvalue weighted by Gasteiger charge is -2.30. The van der Waals surface area contributed by atoms with E-state index in [4.69, 9.17) is 30.5 Å². The molecule has 4 aromatic rings. The highest BCUT2D eigenvalue weighted by Crippen LogP contribution is 2.46. The van der Waals surface area contributed by atoms with Gasteiger partial charge in [-0.25, -0.2) is 22.6 Å². The summed E-state index contributed by atoms with van der Waals surface area (Å²) in [4.78, 5) is 62.5. The van der Waals surface area contributed by atoms with Crippen molar-refractivity contribution in [3.63, 3.8) is 0 Å². The number of rotatable bonds is 7. The zero-order valence-corrected chi connectivity index (χ0v) is 33.8. The van der Waals surface area contributed by atoms with Crippen LogP contribution < -0.4 is 20.1 Å². The third-order valence-electron chi connectivity index (χ3n) is 12.3. The fraction of sp³-hybridized carbons (Fsp3) is 0.500. The molecule has 312 valence electrons. The van der Waals surface area contributed by atoms with Gasteiger partial charge in [-0.05, 0) is 101 Å². The minimum atomic E-state index is -3.94. The molecule has 0 bridgehead atoms. The molecule has 4 amide bonds. The van der Waals surface area contributed by atoms with Gasteiger partial charge >= 0.3 is 6.09 Å². The third kappa shape index (κ3) is 7.93. The Morgan fingerprint density at radius 3 is 2.58 bits per heavy atom. The summed E-state index contributed by atoms with van der Waals surface area (Å²) < 4.78 is 61.5. The Labute approximate surface area is 344 Å². The molecule has 4 fully saturated rings. The third-order valence-corrected chi connectivity index (χ3v) is 14.3. The average molecular weight is 850 g/mol. The number of sulfonamides is 1. The minimum Gasteiger partial charge on any atom is -0.484 e. The number of fused-ring (bicyclic) bond motifs is 6. The highest BCUT2D eigenvalue weighted by atomic mass is 35.5. The van der Waals surface area contributed by atoms with Crippen LogP contribution in [0.15, 0.2) is 53.0 Å². The fourth-order valence-corrected chi connectivity index (χ4v) is 10.4. The van der Waals surface area contributed by atoms with Crippen molar-refractivity contribution in [3.05, 3.63) is 59.4 Å². The topological polar surface area (TPSA) is 186 Å². The summed E-state index contributed by atoms with van der Waals surface area (Å²) in [5.41, 5.74) is -0.0533. The van der Waals surface area contributed by atoms with Crippen molar-refractivity contribution >= 4 is 78.4 Å². The van der Waals surface area contributed by atoms with Crippen molar-refractivity contribution in [1.82, 2.24) is 25.2 Å². The lowest BCUT2D eigenvalue weighted by atomic mass is 10.0. The van der Waals surface area contributed by atoms with Gasteiger partial charge in [0.15, 0.2) is 11.3 Å². The van der Waals surface area contributed by atoms with Crippen molar-refractivity contribution < 1.29 is 45.9 Å². The number of pyridine rings is 1. The van der Waals surface area contributed by atoms with Crippen molar-refractivity contribution in [2.75, 3.05) is 6.54 Å². The monoisotopic (exact) mass is 849 g/mol. The van der Waals surface area contributed by atoms with Gasteiger partial charge in [0.2, 0.25) is 21.8 Å². The molecule has 5 atom stereocenters. The molecule has 1 saturated heterocycles. The number of hydrogen-bond donors (Lipinski definition) is 3. The van der Waals surface area contributed by atoms with Crippen LogP contribution in [0.4, 0.5) is 9.18 Å². The van der Waals surface area contributed by atoms with Gasteiger partial charge in [-0.3, -0.25) is 19.1 Å². The molecular formula is C42H45ClFN5O9S. The molecule has 59 heavy (non-hydrogen) atoms. The fourth-order valence-electron chi connectivity index (χ4n) is 8.82. The predicted octanol–water partition coefficient (Wildman–Crippen LogP) is 6.32. The van der Waals surface area contributed by atoms with E-state index < -0.39 is 74.5 Å². The second kappa shape index (κ2) is 15.6. The van der Waals surface area contributed by atoms with Gasteiger partial charge in [0.25, 0.3) is 5.91 Å². The molecule has 3 saturated carbocycles. The van der Waals surface area contributed by atoms with E-state index in [0.717, 1.165) is 38.5 Å². The number of allylic oxidation sites excluding steroid dienone is 1. The van der Waals surface area contributed by atoms with Crippen LogP contribution in [0.2, 0.25) is 5.02 Å². The smallest absolute Gasteiger partial charge is 0.408 e. The molecule has 3 aliphatic carbocycles. The van der Waals surface area contributed by atoms with Gasteiger partial charge in [-0.2, -0.15) is 0 Å². The Kier molecular flexibility index (Phi) is 10.4. The summed E-state index contributed by atoms with van der Waals surface area (Å²) in [6, 6.07) is 6.88. The predicted molar refractivity (Wildman–Crippen MR) is 215 cm³/mol. The van der Waals surface area contributed by atoms with Gasteiger partial charge in [-0.15, -0.1) is 0 Å². The number of hydrogen-bond acceptors (Lipinski definition) is 10. The lowest BCUT2D eigenvalue weighted by molar-refractivity contribution is -0.141. The van der Waals surface area contributed by atoms with Crippen molar-refractivity contribution in [2.45, 2.75) is 119 Å². The first-order chi connectivity index (χ1) is 28.4. The number of furan rings is 1. The highest BCUT2D eigenvalue weighted by molar-refractivity contribution is 7.91. The Morgan fingerprint density at radius 2 is 1.78 bits per heavy atom. The van der Waals surface area contributed by atoms with Crippen LogP contribution >= 0.6 is 11.6 Å². The number of carbonyl (C=O) groups excluding carboxylic acids is 4. The van der Waals surface area contributed by atoms with Crippen LogP contribution in [0.5, 0.6) is 5.75 Å². The van der Waals surface area contributed by atoms with Crippen LogP contribution in [-0.2, 0) is 29.1 Å². The Hall–Kier alpha value is -4.96. The summed E-state index contributed by atoms with van der Waals surface area (Å²) in [5, 5.41) is 6.37. The SMILES string of the molecule is O=C(N[C@H]1CCCCC/C=C\[C@H]2C[C@@]2(C(=O)NS(=O)(=O)C2CC2)NC(=O)[C@@H]2C[C@@H](Oc3c4cc(F)ccc4nc4c3oc3ccc(Cl)cc34)CN2C1=O)OC1CCCC1. The van der Waals surface area contributed by atoms with Gasteiger partial charge in [0, 0.05) is 28.1 Å². The number of ether oxygens (including phenoxy) is 2. The molecule has 3 N–H and O–H groups in total. The van der Waals surface area contributed by atoms with Gasteiger partial charge in [0.05, 0.1) is 17.3 Å². The first-order valence-electron chi connectivity index (χ1n) is 20.5. The number of aromatic nitrogens is 1. The number of halogens is 2. The number of amides is 4. The largest absolute Gasteiger partial charge is 0.484 e. The molecule has 0 unspecified atom stereocenters. The van der Waals surface area contributed by atoms with Crippen molar-refractivity contribution in [2.24, 2.45) is 5.92 Å². The van der Waals surface area contributed by atoms with E-state index >= 15 is 0 Å². The zero-order valence-electron chi connectivity index (χ0n) is 32.2. The lowest BCUT2D eigenvalue weighted by Crippen LogP contribution is -2.58. The molecular weight excluding hydrogens is 805 g/mol. The van der Waals surface area contributed by atoms with Crippen LogP contribution in [0.1, 0.15) is 83.5 Å². The van der Waals surface area contributed by atoms with E-state index in [1.165, 1.54) is 23.1 Å². The second-order valence-electron chi connectivity index (χ2n) is 16.5. The Balaban J connectivity index is 1.07. The normalized spacial score (nSPS) is 27.4. The first kappa shape index (κ1) is 39.5. The van der Waals surface area contributed by atoms with E-state index in [9.17, 15) is 32.0 Å². The average Bonchev–Trinajstić information content (AvgIpc) is 4.02. The summed E-state index contributed by atoms with van der Waals surface area (Å²) in [5.74, 6) is -2.92. The van der Waals surface area contributed by atoms with E-state index in [0.29, 0.717) is 58.1 Å². The molecule has 14 nitrogen and oxygen atoms in total. The Bertz CT molecular complexity index is 2500. The van der Waals surface area contributed by atoms with Crippen LogP contribution in [0, 0.1) is 11.7 Å². The number of nitrogens with zero attached hydrogens (tertiary/aromatic N) is 2. The molecule has 4 heterocycles. The quantitative estimate of drug-likeness (QED) is 0.178. The number of carbonyl (C=O) groups is 4.